The Hall–Kier alpha value is -0.750. The number of aromatic nitrogens is 1. The topological polar surface area (TPSA) is 30.0 Å². The zero-order valence-electron chi connectivity index (χ0n) is 7.81. The van der Waals surface area contributed by atoms with E-state index >= 15 is 0 Å². The zero-order valence-corrected chi connectivity index (χ0v) is 10.8. The SMILES string of the molecule is O=C(Cc1ccc(I)cc1)c1cncs1. The maximum absolute atomic E-state index is 11.7. The Morgan fingerprint density at radius 1 is 1.33 bits per heavy atom. The Kier molecular flexibility index (Phi) is 3.48. The molecule has 0 N–H and O–H groups in total. The minimum Gasteiger partial charge on any atom is -0.293 e. The number of ketones is 1. The van der Waals surface area contributed by atoms with E-state index in [1.807, 2.05) is 24.3 Å². The number of Topliss-reactive ketones (excluding diaryl/α,β-unsaturated/α-hetero) is 1. The lowest BCUT2D eigenvalue weighted by Crippen LogP contribution is -2.00. The number of nitrogens with zero attached hydrogens (tertiary/aromatic N) is 1. The number of thiazole rings is 1. The van der Waals surface area contributed by atoms with Crippen LogP contribution in [0.5, 0.6) is 0 Å². The molecule has 0 aliphatic heterocycles. The Balaban J connectivity index is 2.09. The molecule has 15 heavy (non-hydrogen) atoms. The van der Waals surface area contributed by atoms with Crippen molar-refractivity contribution in [3.63, 3.8) is 0 Å². The van der Waals surface area contributed by atoms with Crippen LogP contribution in [0.3, 0.4) is 0 Å². The third kappa shape index (κ3) is 2.85. The fraction of sp³-hybridized carbons (Fsp3) is 0.0909. The first-order valence-electron chi connectivity index (χ1n) is 4.42. The number of rotatable bonds is 3. The van der Waals surface area contributed by atoms with E-state index in [1.54, 1.807) is 11.7 Å². The van der Waals surface area contributed by atoms with Crippen molar-refractivity contribution < 1.29 is 4.79 Å². The summed E-state index contributed by atoms with van der Waals surface area (Å²) in [5.41, 5.74) is 2.73. The molecule has 0 bridgehead atoms. The van der Waals surface area contributed by atoms with Gasteiger partial charge in [0.1, 0.15) is 0 Å². The lowest BCUT2D eigenvalue weighted by molar-refractivity contribution is 0.0996. The highest BCUT2D eigenvalue weighted by atomic mass is 127. The first-order valence-corrected chi connectivity index (χ1v) is 6.37. The summed E-state index contributed by atoms with van der Waals surface area (Å²) in [6, 6.07) is 7.99. The number of carbonyl (C=O) groups is 1. The van der Waals surface area contributed by atoms with Crippen LogP contribution < -0.4 is 0 Å². The van der Waals surface area contributed by atoms with Gasteiger partial charge in [0.15, 0.2) is 5.78 Å². The van der Waals surface area contributed by atoms with Gasteiger partial charge in [-0.1, -0.05) is 12.1 Å². The molecule has 2 rings (SSSR count). The van der Waals surface area contributed by atoms with E-state index in [-0.39, 0.29) is 5.78 Å². The van der Waals surface area contributed by atoms with E-state index in [1.165, 1.54) is 14.9 Å². The number of carbonyl (C=O) groups excluding carboxylic acids is 1. The molecular weight excluding hydrogens is 321 g/mol. The number of hydrogen-bond donors (Lipinski definition) is 0. The summed E-state index contributed by atoms with van der Waals surface area (Å²) < 4.78 is 1.18. The second-order valence-corrected chi connectivity index (χ2v) is 5.22. The highest BCUT2D eigenvalue weighted by Crippen LogP contribution is 2.12. The van der Waals surface area contributed by atoms with Crippen LogP contribution in [-0.2, 0) is 6.42 Å². The summed E-state index contributed by atoms with van der Waals surface area (Å²) in [5.74, 6) is 0.138. The molecule has 0 aliphatic carbocycles. The molecule has 0 radical (unpaired) electrons. The lowest BCUT2D eigenvalue weighted by Gasteiger charge is -1.98. The van der Waals surface area contributed by atoms with Gasteiger partial charge in [-0.2, -0.15) is 0 Å². The van der Waals surface area contributed by atoms with Crippen molar-refractivity contribution in [2.75, 3.05) is 0 Å². The van der Waals surface area contributed by atoms with Crippen LogP contribution in [-0.4, -0.2) is 10.8 Å². The summed E-state index contributed by atoms with van der Waals surface area (Å²) in [6.45, 7) is 0. The van der Waals surface area contributed by atoms with Gasteiger partial charge in [-0.15, -0.1) is 11.3 Å². The molecule has 0 spiro atoms. The molecule has 1 aromatic heterocycles. The monoisotopic (exact) mass is 329 g/mol. The van der Waals surface area contributed by atoms with Gasteiger partial charge < -0.3 is 0 Å². The summed E-state index contributed by atoms with van der Waals surface area (Å²) >= 11 is 3.64. The molecule has 1 heterocycles. The zero-order chi connectivity index (χ0) is 10.7. The second-order valence-electron chi connectivity index (χ2n) is 3.09. The normalized spacial score (nSPS) is 10.2. The van der Waals surface area contributed by atoms with Gasteiger partial charge in [-0.25, -0.2) is 0 Å². The summed E-state index contributed by atoms with van der Waals surface area (Å²) in [5, 5.41) is 0. The van der Waals surface area contributed by atoms with Crippen LogP contribution >= 0.6 is 33.9 Å². The predicted octanol–water partition coefficient (Wildman–Crippen LogP) is 3.17. The van der Waals surface area contributed by atoms with Gasteiger partial charge in [-0.05, 0) is 40.3 Å². The van der Waals surface area contributed by atoms with Crippen molar-refractivity contribution in [2.45, 2.75) is 6.42 Å². The highest BCUT2D eigenvalue weighted by molar-refractivity contribution is 14.1. The molecule has 4 heteroatoms. The van der Waals surface area contributed by atoms with Gasteiger partial charge in [0, 0.05) is 16.2 Å². The van der Waals surface area contributed by atoms with E-state index in [0.29, 0.717) is 6.42 Å². The predicted molar refractivity (Wildman–Crippen MR) is 69.3 cm³/mol. The van der Waals surface area contributed by atoms with Gasteiger partial charge >= 0.3 is 0 Å². The summed E-state index contributed by atoms with van der Waals surface area (Å²) in [7, 11) is 0. The van der Waals surface area contributed by atoms with Crippen LogP contribution in [0, 0.1) is 3.57 Å². The van der Waals surface area contributed by atoms with Crippen LogP contribution in [0.25, 0.3) is 0 Å². The van der Waals surface area contributed by atoms with Crippen molar-refractivity contribution in [3.8, 4) is 0 Å². The maximum atomic E-state index is 11.7. The molecule has 2 aromatic rings. The van der Waals surface area contributed by atoms with Crippen LogP contribution in [0.1, 0.15) is 15.2 Å². The fourth-order valence-electron chi connectivity index (χ4n) is 1.23. The average Bonchev–Trinajstić information content (AvgIpc) is 2.74. The van der Waals surface area contributed by atoms with Crippen molar-refractivity contribution in [1.82, 2.24) is 4.98 Å². The van der Waals surface area contributed by atoms with Gasteiger partial charge in [-0.3, -0.25) is 9.78 Å². The molecule has 1 aromatic carbocycles. The highest BCUT2D eigenvalue weighted by Gasteiger charge is 2.08. The molecule has 0 amide bonds. The first kappa shape index (κ1) is 10.8. The third-order valence-electron chi connectivity index (χ3n) is 1.99. The average molecular weight is 329 g/mol. The van der Waals surface area contributed by atoms with Crippen molar-refractivity contribution in [2.24, 2.45) is 0 Å². The maximum Gasteiger partial charge on any atom is 0.178 e. The molecule has 0 atom stereocenters. The minimum atomic E-state index is 0.138. The Bertz CT molecular complexity index is 450. The van der Waals surface area contributed by atoms with Crippen LogP contribution in [0.15, 0.2) is 36.0 Å². The van der Waals surface area contributed by atoms with E-state index in [9.17, 15) is 4.79 Å². The number of halogens is 1. The molecule has 0 saturated carbocycles. The van der Waals surface area contributed by atoms with E-state index in [0.717, 1.165) is 10.4 Å². The molecule has 0 fully saturated rings. The molecular formula is C11H8INOS. The summed E-state index contributed by atoms with van der Waals surface area (Å²) in [4.78, 5) is 16.4. The molecule has 0 aliphatic rings. The van der Waals surface area contributed by atoms with Gasteiger partial charge in [0.2, 0.25) is 0 Å². The first-order chi connectivity index (χ1) is 7.25. The Labute approximate surface area is 106 Å². The number of benzene rings is 1. The van der Waals surface area contributed by atoms with E-state index < -0.39 is 0 Å². The smallest absolute Gasteiger partial charge is 0.178 e. The van der Waals surface area contributed by atoms with Crippen molar-refractivity contribution in [1.29, 1.82) is 0 Å². The molecule has 76 valence electrons. The van der Waals surface area contributed by atoms with Crippen molar-refractivity contribution in [3.05, 3.63) is 50.0 Å². The Morgan fingerprint density at radius 2 is 2.07 bits per heavy atom. The molecule has 2 nitrogen and oxygen atoms in total. The van der Waals surface area contributed by atoms with Crippen LogP contribution in [0.2, 0.25) is 0 Å². The molecule has 0 saturated heterocycles. The Morgan fingerprint density at radius 3 is 2.67 bits per heavy atom. The van der Waals surface area contributed by atoms with E-state index in [4.69, 9.17) is 0 Å². The van der Waals surface area contributed by atoms with E-state index in [2.05, 4.69) is 27.6 Å². The fourth-order valence-corrected chi connectivity index (χ4v) is 2.15. The number of hydrogen-bond acceptors (Lipinski definition) is 3. The quantitative estimate of drug-likeness (QED) is 0.640. The van der Waals surface area contributed by atoms with Crippen LogP contribution in [0.4, 0.5) is 0 Å². The van der Waals surface area contributed by atoms with Gasteiger partial charge in [0.05, 0.1) is 10.4 Å². The lowest BCUT2D eigenvalue weighted by atomic mass is 10.1. The second kappa shape index (κ2) is 4.85. The third-order valence-corrected chi connectivity index (χ3v) is 3.52. The molecule has 0 unspecified atom stereocenters. The minimum absolute atomic E-state index is 0.138. The van der Waals surface area contributed by atoms with Crippen molar-refractivity contribution >= 4 is 39.7 Å². The van der Waals surface area contributed by atoms with Gasteiger partial charge in [0.25, 0.3) is 0 Å². The summed E-state index contributed by atoms with van der Waals surface area (Å²) in [6.07, 6.45) is 2.08. The standard InChI is InChI=1S/C11H8INOS/c12-9-3-1-8(2-4-9)5-10(14)11-6-13-7-15-11/h1-4,6-7H,5H2. The largest absolute Gasteiger partial charge is 0.293 e.